The lowest BCUT2D eigenvalue weighted by molar-refractivity contribution is 0.0510. The van der Waals surface area contributed by atoms with Gasteiger partial charge in [0.25, 0.3) is 0 Å². The second-order valence-electron chi connectivity index (χ2n) is 5.67. The third kappa shape index (κ3) is 4.46. The van der Waals surface area contributed by atoms with Crippen molar-refractivity contribution in [2.24, 2.45) is 16.3 Å². The molecule has 3 N–H and O–H groups in total. The number of hydrogen-bond acceptors (Lipinski definition) is 4. The molecule has 0 bridgehead atoms. The quantitative estimate of drug-likeness (QED) is 0.340. The Kier molecular flexibility index (Phi) is 5.88. The Morgan fingerprint density at radius 1 is 1.56 bits per heavy atom. The summed E-state index contributed by atoms with van der Waals surface area (Å²) >= 11 is 0. The van der Waals surface area contributed by atoms with Crippen molar-refractivity contribution >= 4 is 5.84 Å². The highest BCUT2D eigenvalue weighted by atomic mass is 16.5. The molecule has 0 radical (unpaired) electrons. The van der Waals surface area contributed by atoms with E-state index in [2.05, 4.69) is 17.0 Å². The Balaban J connectivity index is 2.46. The molecule has 1 rings (SSSR count). The van der Waals surface area contributed by atoms with E-state index >= 15 is 0 Å². The summed E-state index contributed by atoms with van der Waals surface area (Å²) in [6.07, 6.45) is 3.37. The number of hydrogen-bond donors (Lipinski definition) is 2. The third-order valence-corrected chi connectivity index (χ3v) is 3.74. The molecule has 18 heavy (non-hydrogen) atoms. The van der Waals surface area contributed by atoms with Crippen molar-refractivity contribution in [2.45, 2.75) is 46.1 Å². The number of nitrogens with zero attached hydrogens (tertiary/aromatic N) is 2. The smallest absolute Gasteiger partial charge is 0.144 e. The van der Waals surface area contributed by atoms with Gasteiger partial charge in [-0.25, -0.2) is 0 Å². The molecular formula is C13H27N3O2. The van der Waals surface area contributed by atoms with Gasteiger partial charge < -0.3 is 20.6 Å². The Labute approximate surface area is 110 Å². The Hall–Kier alpha value is -0.810. The predicted molar refractivity (Wildman–Crippen MR) is 72.9 cm³/mol. The van der Waals surface area contributed by atoms with E-state index in [4.69, 9.17) is 15.7 Å². The van der Waals surface area contributed by atoms with E-state index in [0.717, 1.165) is 45.5 Å². The third-order valence-electron chi connectivity index (χ3n) is 3.74. The van der Waals surface area contributed by atoms with Crippen LogP contribution < -0.4 is 5.73 Å². The van der Waals surface area contributed by atoms with Gasteiger partial charge in [0, 0.05) is 25.1 Å². The van der Waals surface area contributed by atoms with Crippen molar-refractivity contribution < 1.29 is 9.94 Å². The largest absolute Gasteiger partial charge is 0.409 e. The van der Waals surface area contributed by atoms with Gasteiger partial charge in [-0.1, -0.05) is 25.9 Å². The topological polar surface area (TPSA) is 71.1 Å². The maximum absolute atomic E-state index is 8.76. The summed E-state index contributed by atoms with van der Waals surface area (Å²) < 4.78 is 5.75. The van der Waals surface area contributed by atoms with E-state index in [1.165, 1.54) is 0 Å². The van der Waals surface area contributed by atoms with Crippen LogP contribution in [0.5, 0.6) is 0 Å². The molecule has 0 spiro atoms. The van der Waals surface area contributed by atoms with E-state index in [1.807, 2.05) is 13.8 Å². The van der Waals surface area contributed by atoms with Gasteiger partial charge in [0.2, 0.25) is 0 Å². The van der Waals surface area contributed by atoms with Gasteiger partial charge in [-0.05, 0) is 25.8 Å². The maximum atomic E-state index is 8.76. The Bertz CT molecular complexity index is 279. The minimum Gasteiger partial charge on any atom is -0.409 e. The van der Waals surface area contributed by atoms with E-state index in [9.17, 15) is 0 Å². The monoisotopic (exact) mass is 257 g/mol. The molecule has 1 aliphatic heterocycles. The van der Waals surface area contributed by atoms with Crippen LogP contribution in [0.2, 0.25) is 0 Å². The molecule has 0 aromatic heterocycles. The van der Waals surface area contributed by atoms with Crippen LogP contribution in [-0.2, 0) is 4.74 Å². The van der Waals surface area contributed by atoms with Crippen LogP contribution in [0.1, 0.15) is 40.0 Å². The van der Waals surface area contributed by atoms with Crippen LogP contribution in [-0.4, -0.2) is 48.3 Å². The van der Waals surface area contributed by atoms with E-state index < -0.39 is 0 Å². The van der Waals surface area contributed by atoms with Gasteiger partial charge in [0.15, 0.2) is 0 Å². The number of amidine groups is 1. The first-order chi connectivity index (χ1) is 8.49. The zero-order valence-corrected chi connectivity index (χ0v) is 11.9. The molecule has 1 saturated heterocycles. The summed E-state index contributed by atoms with van der Waals surface area (Å²) in [5, 5.41) is 11.9. The zero-order chi connectivity index (χ0) is 13.6. The average Bonchev–Trinajstić information content (AvgIpc) is 2.60. The van der Waals surface area contributed by atoms with Crippen molar-refractivity contribution in [3.05, 3.63) is 0 Å². The molecule has 1 atom stereocenters. The molecule has 0 saturated carbocycles. The zero-order valence-electron chi connectivity index (χ0n) is 11.9. The fraction of sp³-hybridized carbons (Fsp3) is 0.923. The lowest BCUT2D eigenvalue weighted by Crippen LogP contribution is -2.38. The molecule has 1 heterocycles. The van der Waals surface area contributed by atoms with Crippen LogP contribution in [0.4, 0.5) is 0 Å². The van der Waals surface area contributed by atoms with Crippen molar-refractivity contribution in [2.75, 3.05) is 26.2 Å². The van der Waals surface area contributed by atoms with E-state index in [0.29, 0.717) is 11.9 Å². The minimum atomic E-state index is -0.260. The molecular weight excluding hydrogens is 230 g/mol. The minimum absolute atomic E-state index is 0.260. The number of nitrogens with two attached hydrogens (primary N) is 1. The van der Waals surface area contributed by atoms with Crippen molar-refractivity contribution in [1.82, 2.24) is 4.90 Å². The highest BCUT2D eigenvalue weighted by molar-refractivity contribution is 5.85. The SMILES string of the molecule is CCC1CN(CCC(C)(C)C(N)=NO)CCCO1. The molecule has 1 unspecified atom stereocenters. The second-order valence-corrected chi connectivity index (χ2v) is 5.67. The van der Waals surface area contributed by atoms with Gasteiger partial charge in [-0.3, -0.25) is 0 Å². The summed E-state index contributed by atoms with van der Waals surface area (Å²) in [7, 11) is 0. The van der Waals surface area contributed by atoms with Gasteiger partial charge in [0.1, 0.15) is 5.84 Å². The summed E-state index contributed by atoms with van der Waals surface area (Å²) in [5.74, 6) is 0.306. The van der Waals surface area contributed by atoms with Crippen LogP contribution in [0.25, 0.3) is 0 Å². The second kappa shape index (κ2) is 6.95. The van der Waals surface area contributed by atoms with E-state index in [1.54, 1.807) is 0 Å². The molecule has 5 heteroatoms. The fourth-order valence-corrected chi connectivity index (χ4v) is 2.12. The molecule has 5 nitrogen and oxygen atoms in total. The van der Waals surface area contributed by atoms with Crippen molar-refractivity contribution in [3.63, 3.8) is 0 Å². The Morgan fingerprint density at radius 2 is 2.28 bits per heavy atom. The average molecular weight is 257 g/mol. The van der Waals surface area contributed by atoms with Gasteiger partial charge in [-0.15, -0.1) is 0 Å². The maximum Gasteiger partial charge on any atom is 0.144 e. The van der Waals surface area contributed by atoms with Crippen LogP contribution in [0.15, 0.2) is 5.16 Å². The van der Waals surface area contributed by atoms with Crippen molar-refractivity contribution in [1.29, 1.82) is 0 Å². The lowest BCUT2D eigenvalue weighted by Gasteiger charge is -2.28. The van der Waals surface area contributed by atoms with Gasteiger partial charge in [-0.2, -0.15) is 0 Å². The molecule has 0 aromatic carbocycles. The van der Waals surface area contributed by atoms with E-state index in [-0.39, 0.29) is 5.41 Å². The number of ether oxygens (including phenoxy) is 1. The first-order valence-electron chi connectivity index (χ1n) is 6.81. The summed E-state index contributed by atoms with van der Waals surface area (Å²) in [5.41, 5.74) is 5.45. The van der Waals surface area contributed by atoms with Gasteiger partial charge in [0.05, 0.1) is 6.10 Å². The predicted octanol–water partition coefficient (Wildman–Crippen LogP) is 1.65. The summed E-state index contributed by atoms with van der Waals surface area (Å²) in [6.45, 7) is 10.1. The highest BCUT2D eigenvalue weighted by Crippen LogP contribution is 2.21. The highest BCUT2D eigenvalue weighted by Gasteiger charge is 2.25. The van der Waals surface area contributed by atoms with Crippen LogP contribution >= 0.6 is 0 Å². The summed E-state index contributed by atoms with van der Waals surface area (Å²) in [4.78, 5) is 2.42. The number of rotatable bonds is 5. The number of oxime groups is 1. The normalized spacial score (nSPS) is 23.9. The molecule has 1 aliphatic rings. The fourth-order valence-electron chi connectivity index (χ4n) is 2.12. The van der Waals surface area contributed by atoms with Crippen LogP contribution in [0, 0.1) is 5.41 Å². The molecule has 106 valence electrons. The lowest BCUT2D eigenvalue weighted by atomic mass is 9.88. The van der Waals surface area contributed by atoms with Gasteiger partial charge >= 0.3 is 0 Å². The Morgan fingerprint density at radius 3 is 2.89 bits per heavy atom. The standard InChI is InChI=1S/C13H27N3O2/c1-4-11-10-16(7-5-9-18-11)8-6-13(2,3)12(14)15-17/h11,17H,4-10H2,1-3H3,(H2,14,15). The first-order valence-corrected chi connectivity index (χ1v) is 6.81. The van der Waals surface area contributed by atoms with Crippen LogP contribution in [0.3, 0.4) is 0 Å². The summed E-state index contributed by atoms with van der Waals surface area (Å²) in [6, 6.07) is 0. The molecule has 0 aliphatic carbocycles. The molecule has 0 amide bonds. The first kappa shape index (κ1) is 15.2. The molecule has 0 aromatic rings. The molecule has 1 fully saturated rings. The van der Waals surface area contributed by atoms with Crippen molar-refractivity contribution in [3.8, 4) is 0 Å².